The van der Waals surface area contributed by atoms with Gasteiger partial charge < -0.3 is 14.6 Å². The molecule has 1 N–H and O–H groups in total. The van der Waals surface area contributed by atoms with E-state index in [1.165, 1.54) is 0 Å². The fraction of sp³-hybridized carbons (Fsp3) is 0.500. The lowest BCUT2D eigenvalue weighted by Gasteiger charge is -2.16. The van der Waals surface area contributed by atoms with Gasteiger partial charge in [-0.2, -0.15) is 0 Å². The number of carbonyl (C=O) groups is 1. The highest BCUT2D eigenvalue weighted by molar-refractivity contribution is 9.10. The number of methoxy groups -OCH3 is 1. The monoisotopic (exact) mass is 330 g/mol. The number of carboxylic acids is 1. The van der Waals surface area contributed by atoms with Crippen molar-refractivity contribution in [2.75, 3.05) is 7.11 Å². The smallest absolute Gasteiger partial charge is 0.306 e. The predicted molar refractivity (Wildman–Crippen MR) is 77.0 cm³/mol. The van der Waals surface area contributed by atoms with Crippen LogP contribution in [-0.4, -0.2) is 24.3 Å². The molecule has 1 atom stereocenters. The highest BCUT2D eigenvalue weighted by atomic mass is 79.9. The Kier molecular flexibility index (Phi) is 5.66. The van der Waals surface area contributed by atoms with E-state index in [1.54, 1.807) is 14.0 Å². The average molecular weight is 331 g/mol. The van der Waals surface area contributed by atoms with E-state index in [0.29, 0.717) is 17.9 Å². The van der Waals surface area contributed by atoms with Crippen molar-refractivity contribution in [2.24, 2.45) is 5.92 Å². The lowest BCUT2D eigenvalue weighted by Crippen LogP contribution is -2.13. The van der Waals surface area contributed by atoms with Crippen molar-refractivity contribution in [1.82, 2.24) is 0 Å². The first-order valence-electron chi connectivity index (χ1n) is 6.11. The van der Waals surface area contributed by atoms with Crippen molar-refractivity contribution in [2.45, 2.75) is 33.3 Å². The molecule has 1 unspecified atom stereocenters. The normalized spacial score (nSPS) is 12.3. The molecule has 0 aliphatic carbocycles. The van der Waals surface area contributed by atoms with Crippen LogP contribution in [-0.2, 0) is 11.2 Å². The molecule has 0 radical (unpaired) electrons. The Hall–Kier alpha value is -1.23. The van der Waals surface area contributed by atoms with E-state index >= 15 is 0 Å². The van der Waals surface area contributed by atoms with E-state index in [2.05, 4.69) is 15.9 Å². The van der Waals surface area contributed by atoms with Gasteiger partial charge in [0.2, 0.25) is 0 Å². The standard InChI is InChI=1S/C14H19BrO4/c1-8(2)19-13-7-11(15)10(6-12(13)18-4)5-9(3)14(16)17/h6-9H,5H2,1-4H3,(H,16,17). The van der Waals surface area contributed by atoms with Crippen LogP contribution in [0, 0.1) is 5.92 Å². The fourth-order valence-corrected chi connectivity index (χ4v) is 2.14. The Labute approximate surface area is 121 Å². The third kappa shape index (κ3) is 4.42. The SMILES string of the molecule is COc1cc(CC(C)C(=O)O)c(Br)cc1OC(C)C. The second kappa shape index (κ2) is 6.80. The van der Waals surface area contributed by atoms with E-state index < -0.39 is 11.9 Å². The number of hydrogen-bond donors (Lipinski definition) is 1. The molecule has 1 rings (SSSR count). The van der Waals surface area contributed by atoms with Gasteiger partial charge in [0.05, 0.1) is 19.1 Å². The second-order valence-electron chi connectivity index (χ2n) is 4.70. The minimum absolute atomic E-state index is 0.0459. The Bertz CT molecular complexity index is 457. The van der Waals surface area contributed by atoms with Gasteiger partial charge in [-0.15, -0.1) is 0 Å². The van der Waals surface area contributed by atoms with Crippen LogP contribution in [0.1, 0.15) is 26.3 Å². The Balaban J connectivity index is 3.05. The summed E-state index contributed by atoms with van der Waals surface area (Å²) < 4.78 is 11.8. The van der Waals surface area contributed by atoms with Crippen LogP contribution in [0.5, 0.6) is 11.5 Å². The Morgan fingerprint density at radius 3 is 2.42 bits per heavy atom. The summed E-state index contributed by atoms with van der Waals surface area (Å²) >= 11 is 3.45. The van der Waals surface area contributed by atoms with Crippen LogP contribution in [0.2, 0.25) is 0 Å². The average Bonchev–Trinajstić information content (AvgIpc) is 2.31. The zero-order chi connectivity index (χ0) is 14.6. The molecule has 0 heterocycles. The Morgan fingerprint density at radius 1 is 1.32 bits per heavy atom. The maximum atomic E-state index is 10.9. The second-order valence-corrected chi connectivity index (χ2v) is 5.56. The van der Waals surface area contributed by atoms with Crippen molar-refractivity contribution in [3.8, 4) is 11.5 Å². The Morgan fingerprint density at radius 2 is 1.95 bits per heavy atom. The number of hydrogen-bond acceptors (Lipinski definition) is 3. The van der Waals surface area contributed by atoms with E-state index in [9.17, 15) is 4.79 Å². The molecular formula is C14H19BrO4. The summed E-state index contributed by atoms with van der Waals surface area (Å²) in [5.74, 6) is 0.00633. The number of aliphatic carboxylic acids is 1. The molecule has 0 amide bonds. The molecule has 1 aromatic rings. The van der Waals surface area contributed by atoms with E-state index in [-0.39, 0.29) is 6.10 Å². The summed E-state index contributed by atoms with van der Waals surface area (Å²) in [6, 6.07) is 3.64. The minimum Gasteiger partial charge on any atom is -0.493 e. The third-order valence-corrected chi connectivity index (χ3v) is 3.38. The van der Waals surface area contributed by atoms with Gasteiger partial charge >= 0.3 is 5.97 Å². The summed E-state index contributed by atoms with van der Waals surface area (Å²) in [4.78, 5) is 10.9. The number of benzene rings is 1. The summed E-state index contributed by atoms with van der Waals surface area (Å²) in [6.07, 6.45) is 0.485. The molecule has 0 saturated heterocycles. The van der Waals surface area contributed by atoms with Crippen molar-refractivity contribution in [1.29, 1.82) is 0 Å². The molecule has 1 aromatic carbocycles. The molecule has 0 aliphatic rings. The van der Waals surface area contributed by atoms with Gasteiger partial charge in [0.25, 0.3) is 0 Å². The molecule has 0 fully saturated rings. The first-order valence-corrected chi connectivity index (χ1v) is 6.90. The van der Waals surface area contributed by atoms with Gasteiger partial charge in [0, 0.05) is 4.47 Å². The van der Waals surface area contributed by atoms with Crippen LogP contribution >= 0.6 is 15.9 Å². The van der Waals surface area contributed by atoms with Crippen LogP contribution < -0.4 is 9.47 Å². The quantitative estimate of drug-likeness (QED) is 0.867. The lowest BCUT2D eigenvalue weighted by molar-refractivity contribution is -0.141. The number of carboxylic acid groups (broad SMARTS) is 1. The number of ether oxygens (including phenoxy) is 2. The van der Waals surface area contributed by atoms with Gasteiger partial charge in [0.15, 0.2) is 11.5 Å². The molecule has 0 spiro atoms. The zero-order valence-corrected chi connectivity index (χ0v) is 13.2. The van der Waals surface area contributed by atoms with Crippen LogP contribution in [0.25, 0.3) is 0 Å². The van der Waals surface area contributed by atoms with E-state index in [4.69, 9.17) is 14.6 Å². The van der Waals surface area contributed by atoms with Crippen molar-refractivity contribution in [3.05, 3.63) is 22.2 Å². The molecule has 0 aliphatic heterocycles. The van der Waals surface area contributed by atoms with Crippen LogP contribution in [0.3, 0.4) is 0 Å². The summed E-state index contributed by atoms with van der Waals surface area (Å²) in [5.41, 5.74) is 0.892. The van der Waals surface area contributed by atoms with Gasteiger partial charge in [-0.3, -0.25) is 4.79 Å². The van der Waals surface area contributed by atoms with Gasteiger partial charge in [-0.05, 0) is 38.0 Å². The number of rotatable bonds is 6. The van der Waals surface area contributed by atoms with Crippen LogP contribution in [0.15, 0.2) is 16.6 Å². The highest BCUT2D eigenvalue weighted by Crippen LogP contribution is 2.35. The van der Waals surface area contributed by atoms with Crippen LogP contribution in [0.4, 0.5) is 0 Å². The molecule has 106 valence electrons. The molecule has 5 heteroatoms. The summed E-state index contributed by atoms with van der Waals surface area (Å²) in [5, 5.41) is 8.96. The van der Waals surface area contributed by atoms with Crippen molar-refractivity contribution >= 4 is 21.9 Å². The predicted octanol–water partition coefficient (Wildman–Crippen LogP) is 3.51. The molecule has 0 bridgehead atoms. The molecule has 19 heavy (non-hydrogen) atoms. The van der Waals surface area contributed by atoms with E-state index in [1.807, 2.05) is 26.0 Å². The largest absolute Gasteiger partial charge is 0.493 e. The number of halogens is 1. The third-order valence-electron chi connectivity index (χ3n) is 2.64. The first kappa shape index (κ1) is 15.8. The fourth-order valence-electron chi connectivity index (χ4n) is 1.66. The summed E-state index contributed by atoms with van der Waals surface area (Å²) in [7, 11) is 1.57. The van der Waals surface area contributed by atoms with Crippen molar-refractivity contribution < 1.29 is 19.4 Å². The van der Waals surface area contributed by atoms with Gasteiger partial charge in [0.1, 0.15) is 0 Å². The highest BCUT2D eigenvalue weighted by Gasteiger charge is 2.17. The molecule has 0 saturated carbocycles. The molecular weight excluding hydrogens is 312 g/mol. The first-order chi connectivity index (χ1) is 8.85. The van der Waals surface area contributed by atoms with Gasteiger partial charge in [-0.1, -0.05) is 22.9 Å². The molecule has 0 aromatic heterocycles. The zero-order valence-electron chi connectivity index (χ0n) is 11.6. The van der Waals surface area contributed by atoms with Crippen molar-refractivity contribution in [3.63, 3.8) is 0 Å². The maximum absolute atomic E-state index is 10.9. The molecule has 4 nitrogen and oxygen atoms in total. The maximum Gasteiger partial charge on any atom is 0.306 e. The minimum atomic E-state index is -0.812. The summed E-state index contributed by atoms with van der Waals surface area (Å²) in [6.45, 7) is 5.56. The van der Waals surface area contributed by atoms with Gasteiger partial charge in [-0.25, -0.2) is 0 Å². The lowest BCUT2D eigenvalue weighted by atomic mass is 10.0. The topological polar surface area (TPSA) is 55.8 Å². The van der Waals surface area contributed by atoms with E-state index in [0.717, 1.165) is 10.0 Å².